The molecule has 9 nitrogen and oxygen atoms in total. The van der Waals surface area contributed by atoms with Gasteiger partial charge in [-0.15, -0.1) is 0 Å². The lowest BCUT2D eigenvalue weighted by atomic mass is 10.2. The van der Waals surface area contributed by atoms with Crippen LogP contribution in [0.5, 0.6) is 0 Å². The molecule has 0 fully saturated rings. The van der Waals surface area contributed by atoms with Crippen LogP contribution in [0.4, 0.5) is 15.3 Å². The molecule has 0 saturated carbocycles. The zero-order valence-corrected chi connectivity index (χ0v) is 17.9. The predicted molar refractivity (Wildman–Crippen MR) is 119 cm³/mol. The minimum absolute atomic E-state index is 0.0489. The average Bonchev–Trinajstić information content (AvgIpc) is 2.66. The molecular weight excluding hydrogens is 422 g/mol. The number of rotatable bonds is 5. The van der Waals surface area contributed by atoms with Gasteiger partial charge in [-0.25, -0.2) is 14.6 Å². The Balaban J connectivity index is 2.18. The third-order valence-electron chi connectivity index (χ3n) is 4.38. The summed E-state index contributed by atoms with van der Waals surface area (Å²) in [7, 11) is 0. The Morgan fingerprint density at radius 1 is 1.10 bits per heavy atom. The molecule has 0 saturated heterocycles. The van der Waals surface area contributed by atoms with Gasteiger partial charge in [-0.05, 0) is 51.1 Å². The molecule has 0 radical (unpaired) electrons. The molecule has 4 N–H and O–H groups in total. The first-order chi connectivity index (χ1) is 14.7. The molecule has 0 aliphatic rings. The molecule has 0 aliphatic carbocycles. The van der Waals surface area contributed by atoms with Crippen LogP contribution in [0.15, 0.2) is 47.3 Å². The molecule has 3 aromatic rings. The third-order valence-corrected chi connectivity index (χ3v) is 4.70. The van der Waals surface area contributed by atoms with Crippen molar-refractivity contribution >= 4 is 40.3 Å². The van der Waals surface area contributed by atoms with Gasteiger partial charge in [0.25, 0.3) is 5.56 Å². The Morgan fingerprint density at radius 3 is 2.48 bits per heavy atom. The Bertz CT molecular complexity index is 1210. The molecule has 1 atom stereocenters. The fraction of sp³-hybridized carbons (Fsp3) is 0.238. The van der Waals surface area contributed by atoms with Crippen molar-refractivity contribution in [3.8, 4) is 5.69 Å². The Morgan fingerprint density at radius 2 is 1.81 bits per heavy atom. The van der Waals surface area contributed by atoms with Crippen LogP contribution < -0.4 is 21.5 Å². The van der Waals surface area contributed by atoms with Crippen molar-refractivity contribution in [3.05, 3.63) is 63.7 Å². The summed E-state index contributed by atoms with van der Waals surface area (Å²) < 4.78 is 1.29. The number of amides is 3. The Labute approximate surface area is 183 Å². The van der Waals surface area contributed by atoms with E-state index < -0.39 is 17.7 Å². The Hall–Kier alpha value is -3.59. The van der Waals surface area contributed by atoms with Crippen molar-refractivity contribution < 1.29 is 14.7 Å². The van der Waals surface area contributed by atoms with E-state index in [9.17, 15) is 14.4 Å². The maximum absolute atomic E-state index is 13.4. The van der Waals surface area contributed by atoms with E-state index in [-0.39, 0.29) is 28.3 Å². The standard InChI is InChI=1S/C21H22ClN5O4/c1-11(2)23-20(29)25-13-6-4-7-14(10-13)27-18(12(3)24-21(30)31)26-16-9-5-8-15(22)17(16)19(27)28/h4-12,24H,1-3H3,(H,30,31)(H2,23,25,29). The summed E-state index contributed by atoms with van der Waals surface area (Å²) >= 11 is 6.26. The van der Waals surface area contributed by atoms with Gasteiger partial charge < -0.3 is 21.1 Å². The number of halogens is 1. The molecular formula is C21H22ClN5O4. The second kappa shape index (κ2) is 9.05. The van der Waals surface area contributed by atoms with E-state index in [4.69, 9.17) is 16.7 Å². The van der Waals surface area contributed by atoms with Gasteiger partial charge in [0.05, 0.1) is 27.7 Å². The van der Waals surface area contributed by atoms with Gasteiger partial charge >= 0.3 is 12.1 Å². The highest BCUT2D eigenvalue weighted by atomic mass is 35.5. The molecule has 3 rings (SSSR count). The Kier molecular flexibility index (Phi) is 6.45. The molecule has 162 valence electrons. The van der Waals surface area contributed by atoms with Crippen molar-refractivity contribution in [3.63, 3.8) is 0 Å². The number of carbonyl (C=O) groups excluding carboxylic acids is 1. The normalized spacial score (nSPS) is 11.9. The molecule has 31 heavy (non-hydrogen) atoms. The fourth-order valence-corrected chi connectivity index (χ4v) is 3.40. The molecule has 0 spiro atoms. The third kappa shape index (κ3) is 4.95. The van der Waals surface area contributed by atoms with Gasteiger partial charge in [0, 0.05) is 11.7 Å². The van der Waals surface area contributed by atoms with Gasteiger partial charge in [-0.1, -0.05) is 23.7 Å². The number of benzene rings is 2. The lowest BCUT2D eigenvalue weighted by Crippen LogP contribution is -2.34. The van der Waals surface area contributed by atoms with Crippen LogP contribution in [0, 0.1) is 0 Å². The summed E-state index contributed by atoms with van der Waals surface area (Å²) in [4.78, 5) is 41.2. The molecule has 3 amide bonds. The summed E-state index contributed by atoms with van der Waals surface area (Å²) in [6.07, 6.45) is -1.25. The number of hydrogen-bond donors (Lipinski definition) is 4. The molecule has 2 aromatic carbocycles. The largest absolute Gasteiger partial charge is 0.465 e. The number of fused-ring (bicyclic) bond motifs is 1. The molecule has 0 bridgehead atoms. The lowest BCUT2D eigenvalue weighted by molar-refractivity contribution is 0.190. The highest BCUT2D eigenvalue weighted by molar-refractivity contribution is 6.35. The van der Waals surface area contributed by atoms with Crippen molar-refractivity contribution in [2.75, 3.05) is 5.32 Å². The summed E-state index contributed by atoms with van der Waals surface area (Å²) in [6, 6.07) is 10.3. The number of carboxylic acid groups (broad SMARTS) is 1. The fourth-order valence-electron chi connectivity index (χ4n) is 3.15. The molecule has 0 aliphatic heterocycles. The van der Waals surface area contributed by atoms with Crippen LogP contribution in [-0.2, 0) is 0 Å². The monoisotopic (exact) mass is 443 g/mol. The minimum atomic E-state index is -1.25. The maximum Gasteiger partial charge on any atom is 0.405 e. The first-order valence-electron chi connectivity index (χ1n) is 9.56. The average molecular weight is 444 g/mol. The van der Waals surface area contributed by atoms with E-state index in [1.807, 2.05) is 13.8 Å². The van der Waals surface area contributed by atoms with Gasteiger partial charge in [0.2, 0.25) is 0 Å². The van der Waals surface area contributed by atoms with Gasteiger partial charge in [-0.2, -0.15) is 0 Å². The molecule has 1 heterocycles. The molecule has 1 aromatic heterocycles. The zero-order chi connectivity index (χ0) is 22.7. The van der Waals surface area contributed by atoms with Crippen LogP contribution >= 0.6 is 11.6 Å². The number of anilines is 1. The predicted octanol–water partition coefficient (Wildman–Crippen LogP) is 3.90. The van der Waals surface area contributed by atoms with Gasteiger partial charge in [0.1, 0.15) is 5.82 Å². The van der Waals surface area contributed by atoms with Crippen LogP contribution in [0.25, 0.3) is 16.6 Å². The first-order valence-corrected chi connectivity index (χ1v) is 9.93. The summed E-state index contributed by atoms with van der Waals surface area (Å²) in [5.74, 6) is 0.186. The number of urea groups is 1. The van der Waals surface area contributed by atoms with Crippen molar-refractivity contribution in [2.45, 2.75) is 32.9 Å². The molecule has 10 heteroatoms. The highest BCUT2D eigenvalue weighted by Gasteiger charge is 2.20. The minimum Gasteiger partial charge on any atom is -0.465 e. The van der Waals surface area contributed by atoms with Crippen LogP contribution in [0.3, 0.4) is 0 Å². The van der Waals surface area contributed by atoms with Crippen molar-refractivity contribution in [2.24, 2.45) is 0 Å². The van der Waals surface area contributed by atoms with Gasteiger partial charge in [0.15, 0.2) is 0 Å². The van der Waals surface area contributed by atoms with E-state index >= 15 is 0 Å². The van der Waals surface area contributed by atoms with Crippen LogP contribution in [0.2, 0.25) is 5.02 Å². The van der Waals surface area contributed by atoms with Crippen molar-refractivity contribution in [1.29, 1.82) is 0 Å². The van der Waals surface area contributed by atoms with E-state index in [0.29, 0.717) is 16.9 Å². The number of carbonyl (C=O) groups is 2. The van der Waals surface area contributed by atoms with Crippen molar-refractivity contribution in [1.82, 2.24) is 20.2 Å². The topological polar surface area (TPSA) is 125 Å². The number of nitrogens with one attached hydrogen (secondary N) is 3. The lowest BCUT2D eigenvalue weighted by Gasteiger charge is -2.19. The van der Waals surface area contributed by atoms with E-state index in [1.165, 1.54) is 4.57 Å². The first kappa shape index (κ1) is 22.1. The van der Waals surface area contributed by atoms with Crippen LogP contribution in [0.1, 0.15) is 32.6 Å². The second-order valence-electron chi connectivity index (χ2n) is 7.22. The summed E-state index contributed by atoms with van der Waals surface area (Å²) in [5, 5.41) is 17.4. The van der Waals surface area contributed by atoms with E-state index in [2.05, 4.69) is 20.9 Å². The SMILES string of the molecule is CC(C)NC(=O)Nc1cccc(-n2c(C(C)NC(=O)O)nc3cccc(Cl)c3c2=O)c1. The number of nitrogens with zero attached hydrogens (tertiary/aromatic N) is 2. The van der Waals surface area contributed by atoms with E-state index in [0.717, 1.165) is 0 Å². The zero-order valence-electron chi connectivity index (χ0n) is 17.1. The molecule has 1 unspecified atom stereocenters. The van der Waals surface area contributed by atoms with Gasteiger partial charge in [-0.3, -0.25) is 9.36 Å². The quantitative estimate of drug-likeness (QED) is 0.476. The van der Waals surface area contributed by atoms with Crippen LogP contribution in [-0.4, -0.2) is 32.8 Å². The summed E-state index contributed by atoms with van der Waals surface area (Å²) in [6.45, 7) is 5.26. The second-order valence-corrected chi connectivity index (χ2v) is 7.63. The maximum atomic E-state index is 13.4. The van der Waals surface area contributed by atoms with E-state index in [1.54, 1.807) is 49.4 Å². The smallest absolute Gasteiger partial charge is 0.405 e. The highest BCUT2D eigenvalue weighted by Crippen LogP contribution is 2.24. The number of hydrogen-bond acceptors (Lipinski definition) is 4. The number of aromatic nitrogens is 2. The summed E-state index contributed by atoms with van der Waals surface area (Å²) in [5.41, 5.74) is 0.754.